The summed E-state index contributed by atoms with van der Waals surface area (Å²) in [5.74, 6) is -0.921. The van der Waals surface area contributed by atoms with Crippen LogP contribution in [0.2, 0.25) is 0 Å². The molecule has 9 nitrogen and oxygen atoms in total. The maximum Gasteiger partial charge on any atom is 0.339 e. The average molecular weight is 488 g/mol. The molecule has 184 valence electrons. The third-order valence-electron chi connectivity index (χ3n) is 5.72. The highest BCUT2D eigenvalue weighted by molar-refractivity contribution is 6.14. The minimum absolute atomic E-state index is 0.0960. The molecular formula is C27H25N3O6. The fourth-order valence-electron chi connectivity index (χ4n) is 3.97. The highest BCUT2D eigenvalue weighted by Crippen LogP contribution is 2.31. The van der Waals surface area contributed by atoms with Gasteiger partial charge in [-0.15, -0.1) is 0 Å². The van der Waals surface area contributed by atoms with Crippen LogP contribution in [0, 0.1) is 6.92 Å². The number of carbonyl (C=O) groups excluding carboxylic acids is 3. The Labute approximate surface area is 207 Å². The first-order valence-electron chi connectivity index (χ1n) is 11.1. The number of aromatic nitrogens is 1. The summed E-state index contributed by atoms with van der Waals surface area (Å²) >= 11 is 0. The first-order chi connectivity index (χ1) is 17.3. The van der Waals surface area contributed by atoms with Gasteiger partial charge in [0, 0.05) is 28.6 Å². The molecule has 9 heteroatoms. The van der Waals surface area contributed by atoms with E-state index in [2.05, 4.69) is 5.32 Å². The van der Waals surface area contributed by atoms with Crippen molar-refractivity contribution < 1.29 is 29.0 Å². The lowest BCUT2D eigenvalue weighted by Crippen LogP contribution is -2.13. The summed E-state index contributed by atoms with van der Waals surface area (Å²) in [5, 5.41) is 11.9. The smallest absolute Gasteiger partial charge is 0.339 e. The number of esters is 1. The van der Waals surface area contributed by atoms with Gasteiger partial charge in [-0.1, -0.05) is 12.1 Å². The summed E-state index contributed by atoms with van der Waals surface area (Å²) in [6.45, 7) is 1.72. The predicted octanol–water partition coefficient (Wildman–Crippen LogP) is 3.47. The number of nitrogens with one attached hydrogen (secondary N) is 1. The molecule has 0 saturated heterocycles. The molecule has 0 atom stereocenters. The molecule has 0 bridgehead atoms. The maximum absolute atomic E-state index is 13.6. The van der Waals surface area contributed by atoms with Crippen molar-refractivity contribution in [1.82, 2.24) is 4.40 Å². The zero-order valence-corrected chi connectivity index (χ0v) is 19.8. The number of benzene rings is 2. The van der Waals surface area contributed by atoms with Gasteiger partial charge in [-0.05, 0) is 55.5 Å². The van der Waals surface area contributed by atoms with E-state index in [9.17, 15) is 14.4 Å². The highest BCUT2D eigenvalue weighted by atomic mass is 16.5. The van der Waals surface area contributed by atoms with E-state index >= 15 is 0 Å². The number of methoxy groups -OCH3 is 1. The van der Waals surface area contributed by atoms with Crippen LogP contribution in [0.1, 0.15) is 42.3 Å². The van der Waals surface area contributed by atoms with Gasteiger partial charge in [0.2, 0.25) is 5.78 Å². The lowest BCUT2D eigenvalue weighted by atomic mass is 10.0. The predicted molar refractivity (Wildman–Crippen MR) is 135 cm³/mol. The number of ether oxygens (including phenoxy) is 2. The minimum atomic E-state index is -0.642. The van der Waals surface area contributed by atoms with Crippen LogP contribution < -0.4 is 15.8 Å². The monoisotopic (exact) mass is 487 g/mol. The standard InChI is InChI=1S/C27H25N3O6/c1-16-23(29-26(33)18-6-5-7-19(14-18)36-13-12-31)22-8-3-4-11-30(22)24(16)25(32)17-9-10-21(28)20(15-17)27(34)35-2/h3-11,14-15,31H,12-13,28H2,1-2H3,(H,29,33). The highest BCUT2D eigenvalue weighted by Gasteiger charge is 2.24. The third kappa shape index (κ3) is 4.64. The summed E-state index contributed by atoms with van der Waals surface area (Å²) in [6, 6.07) is 16.4. The fourth-order valence-corrected chi connectivity index (χ4v) is 3.97. The number of hydrogen-bond acceptors (Lipinski definition) is 7. The van der Waals surface area contributed by atoms with E-state index in [0.29, 0.717) is 33.8 Å². The van der Waals surface area contributed by atoms with Gasteiger partial charge in [0.15, 0.2) is 0 Å². The van der Waals surface area contributed by atoms with E-state index in [1.165, 1.54) is 19.2 Å². The number of fused-ring (bicyclic) bond motifs is 1. The molecule has 1 amide bonds. The first-order valence-corrected chi connectivity index (χ1v) is 11.1. The molecule has 2 aromatic heterocycles. The van der Waals surface area contributed by atoms with E-state index in [0.717, 1.165) is 0 Å². The summed E-state index contributed by atoms with van der Waals surface area (Å²) < 4.78 is 11.9. The molecule has 0 aliphatic rings. The lowest BCUT2D eigenvalue weighted by molar-refractivity contribution is 0.0601. The number of ketones is 1. The Kier molecular flexibility index (Phi) is 7.03. The summed E-state index contributed by atoms with van der Waals surface area (Å²) in [5.41, 5.74) is 8.80. The quantitative estimate of drug-likeness (QED) is 0.197. The number of nitrogens with zero attached hydrogens (tertiary/aromatic N) is 1. The van der Waals surface area contributed by atoms with E-state index < -0.39 is 5.97 Å². The molecule has 4 N–H and O–H groups in total. The molecule has 0 aliphatic carbocycles. The maximum atomic E-state index is 13.6. The zero-order valence-electron chi connectivity index (χ0n) is 19.8. The second-order valence-corrected chi connectivity index (χ2v) is 7.98. The van der Waals surface area contributed by atoms with Crippen molar-refractivity contribution in [1.29, 1.82) is 0 Å². The molecule has 36 heavy (non-hydrogen) atoms. The number of aliphatic hydroxyl groups is 1. The van der Waals surface area contributed by atoms with Crippen LogP contribution in [0.5, 0.6) is 5.75 Å². The minimum Gasteiger partial charge on any atom is -0.491 e. The Morgan fingerprint density at radius 3 is 2.58 bits per heavy atom. The number of aliphatic hydroxyl groups excluding tert-OH is 1. The first kappa shape index (κ1) is 24.5. The Bertz CT molecular complexity index is 1470. The number of carbonyl (C=O) groups is 3. The summed E-state index contributed by atoms with van der Waals surface area (Å²) in [7, 11) is 1.24. The molecule has 0 spiro atoms. The van der Waals surface area contributed by atoms with E-state index in [-0.39, 0.29) is 41.7 Å². The van der Waals surface area contributed by atoms with Gasteiger partial charge >= 0.3 is 5.97 Å². The number of anilines is 2. The van der Waals surface area contributed by atoms with E-state index in [1.54, 1.807) is 66.1 Å². The number of nitrogen functional groups attached to an aromatic ring is 1. The Hall–Kier alpha value is -4.63. The van der Waals surface area contributed by atoms with Gasteiger partial charge in [-0.25, -0.2) is 4.79 Å². The van der Waals surface area contributed by atoms with Crippen LogP contribution in [0.4, 0.5) is 11.4 Å². The van der Waals surface area contributed by atoms with Gasteiger partial charge in [-0.3, -0.25) is 9.59 Å². The molecular weight excluding hydrogens is 462 g/mol. The van der Waals surface area contributed by atoms with Crippen LogP contribution >= 0.6 is 0 Å². The SMILES string of the molecule is COC(=O)c1cc(C(=O)c2c(C)c(NC(=O)c3cccc(OCCO)c3)c3ccccn23)ccc1N. The molecule has 2 heterocycles. The molecule has 4 rings (SSSR count). The average Bonchev–Trinajstić information content (AvgIpc) is 3.17. The van der Waals surface area contributed by atoms with Crippen molar-refractivity contribution in [2.45, 2.75) is 6.92 Å². The van der Waals surface area contributed by atoms with Crippen molar-refractivity contribution >= 4 is 34.6 Å². The second-order valence-electron chi connectivity index (χ2n) is 7.98. The van der Waals surface area contributed by atoms with Gasteiger partial charge < -0.3 is 30.0 Å². The number of nitrogens with two attached hydrogens (primary N) is 1. The zero-order chi connectivity index (χ0) is 25.8. The van der Waals surface area contributed by atoms with Crippen LogP contribution in [0.15, 0.2) is 66.9 Å². The van der Waals surface area contributed by atoms with Crippen molar-refractivity contribution in [3.05, 3.63) is 94.8 Å². The van der Waals surface area contributed by atoms with Gasteiger partial charge in [0.1, 0.15) is 12.4 Å². The topological polar surface area (TPSA) is 132 Å². The van der Waals surface area contributed by atoms with Crippen LogP contribution in [-0.2, 0) is 4.74 Å². The van der Waals surface area contributed by atoms with Crippen molar-refractivity contribution in [3.8, 4) is 5.75 Å². The lowest BCUT2D eigenvalue weighted by Gasteiger charge is -2.09. The van der Waals surface area contributed by atoms with Crippen LogP contribution in [0.25, 0.3) is 5.52 Å². The normalized spacial score (nSPS) is 10.8. The van der Waals surface area contributed by atoms with Crippen molar-refractivity contribution in [2.24, 2.45) is 0 Å². The molecule has 4 aromatic rings. The number of hydrogen-bond donors (Lipinski definition) is 3. The van der Waals surface area contributed by atoms with Gasteiger partial charge in [-0.2, -0.15) is 0 Å². The molecule has 2 aromatic carbocycles. The van der Waals surface area contributed by atoms with Crippen LogP contribution in [0.3, 0.4) is 0 Å². The summed E-state index contributed by atoms with van der Waals surface area (Å²) in [4.78, 5) is 38.8. The third-order valence-corrected chi connectivity index (χ3v) is 5.72. The van der Waals surface area contributed by atoms with Gasteiger partial charge in [0.05, 0.1) is 36.2 Å². The number of rotatable bonds is 8. The summed E-state index contributed by atoms with van der Waals surface area (Å²) in [6.07, 6.45) is 1.73. The van der Waals surface area contributed by atoms with E-state index in [4.69, 9.17) is 20.3 Å². The molecule has 0 saturated carbocycles. The number of pyridine rings is 1. The molecule has 0 unspecified atom stereocenters. The fraction of sp³-hybridized carbons (Fsp3) is 0.148. The van der Waals surface area contributed by atoms with Crippen molar-refractivity contribution in [3.63, 3.8) is 0 Å². The van der Waals surface area contributed by atoms with Crippen LogP contribution in [-0.4, -0.2) is 47.5 Å². The van der Waals surface area contributed by atoms with Crippen molar-refractivity contribution in [2.75, 3.05) is 31.4 Å². The van der Waals surface area contributed by atoms with Gasteiger partial charge in [0.25, 0.3) is 5.91 Å². The molecule has 0 radical (unpaired) electrons. The Morgan fingerprint density at radius 1 is 1.03 bits per heavy atom. The second kappa shape index (κ2) is 10.3. The molecule has 0 fully saturated rings. The Balaban J connectivity index is 1.73. The largest absolute Gasteiger partial charge is 0.491 e. The Morgan fingerprint density at radius 2 is 1.83 bits per heavy atom. The number of amides is 1. The van der Waals surface area contributed by atoms with E-state index in [1.807, 2.05) is 0 Å². The molecule has 0 aliphatic heterocycles.